The molecule has 72 valence electrons. The standard InChI is InChI=1S/C6H15N3O2S/c1-8-3-2-4-9(6-5-8)12(7,10)11/h2-6H2,1H3,(H2,7,10,11). The van der Waals surface area contributed by atoms with Gasteiger partial charge in [0.1, 0.15) is 0 Å². The van der Waals surface area contributed by atoms with E-state index < -0.39 is 10.2 Å². The van der Waals surface area contributed by atoms with Crippen molar-refractivity contribution in [2.75, 3.05) is 33.2 Å². The lowest BCUT2D eigenvalue weighted by atomic mass is 10.4. The molecule has 0 radical (unpaired) electrons. The van der Waals surface area contributed by atoms with Crippen LogP contribution in [-0.4, -0.2) is 50.8 Å². The van der Waals surface area contributed by atoms with Gasteiger partial charge in [-0.15, -0.1) is 0 Å². The quantitative estimate of drug-likeness (QED) is 0.570. The Balaban J connectivity index is 2.58. The van der Waals surface area contributed by atoms with Gasteiger partial charge in [-0.25, -0.2) is 5.14 Å². The SMILES string of the molecule is CN1CCCN(S(N)(=O)=O)CC1. The summed E-state index contributed by atoms with van der Waals surface area (Å²) < 4.78 is 23.2. The molecule has 1 rings (SSSR count). The minimum Gasteiger partial charge on any atom is -0.305 e. The molecule has 0 spiro atoms. The number of nitrogens with two attached hydrogens (primary N) is 1. The molecule has 0 aromatic carbocycles. The van der Waals surface area contributed by atoms with Gasteiger partial charge in [0.25, 0.3) is 10.2 Å². The number of hydrogen-bond donors (Lipinski definition) is 1. The van der Waals surface area contributed by atoms with Crippen LogP contribution >= 0.6 is 0 Å². The van der Waals surface area contributed by atoms with E-state index in [1.54, 1.807) is 0 Å². The lowest BCUT2D eigenvalue weighted by molar-refractivity contribution is 0.347. The first-order valence-corrected chi connectivity index (χ1v) is 5.47. The molecule has 0 aromatic rings. The van der Waals surface area contributed by atoms with Crippen LogP contribution in [0.15, 0.2) is 0 Å². The summed E-state index contributed by atoms with van der Waals surface area (Å²) in [5, 5.41) is 5.00. The maximum Gasteiger partial charge on any atom is 0.276 e. The van der Waals surface area contributed by atoms with Gasteiger partial charge in [0.2, 0.25) is 0 Å². The topological polar surface area (TPSA) is 66.6 Å². The third-order valence-corrected chi connectivity index (χ3v) is 3.12. The lowest BCUT2D eigenvalue weighted by Gasteiger charge is -2.16. The third-order valence-electron chi connectivity index (χ3n) is 2.04. The Morgan fingerprint density at radius 1 is 1.17 bits per heavy atom. The Morgan fingerprint density at radius 3 is 2.42 bits per heavy atom. The first-order valence-electron chi connectivity index (χ1n) is 3.96. The fourth-order valence-corrected chi connectivity index (χ4v) is 2.00. The first kappa shape index (κ1) is 9.91. The van der Waals surface area contributed by atoms with Crippen LogP contribution in [0.4, 0.5) is 0 Å². The molecule has 0 atom stereocenters. The second-order valence-corrected chi connectivity index (χ2v) is 4.65. The lowest BCUT2D eigenvalue weighted by Crippen LogP contribution is -2.39. The van der Waals surface area contributed by atoms with Crippen molar-refractivity contribution in [2.24, 2.45) is 5.14 Å². The number of likely N-dealkylation sites (N-methyl/N-ethyl adjacent to an activating group) is 1. The van der Waals surface area contributed by atoms with Gasteiger partial charge in [0, 0.05) is 19.6 Å². The van der Waals surface area contributed by atoms with Crippen molar-refractivity contribution in [3.05, 3.63) is 0 Å². The molecular formula is C6H15N3O2S. The van der Waals surface area contributed by atoms with E-state index in [4.69, 9.17) is 5.14 Å². The van der Waals surface area contributed by atoms with Crippen molar-refractivity contribution in [2.45, 2.75) is 6.42 Å². The summed E-state index contributed by atoms with van der Waals surface area (Å²) in [5.41, 5.74) is 0. The maximum absolute atomic E-state index is 10.9. The minimum atomic E-state index is -3.47. The monoisotopic (exact) mass is 193 g/mol. The fraction of sp³-hybridized carbons (Fsp3) is 1.00. The van der Waals surface area contributed by atoms with Crippen LogP contribution in [0.25, 0.3) is 0 Å². The first-order chi connectivity index (χ1) is 5.50. The Bertz CT molecular complexity index is 239. The van der Waals surface area contributed by atoms with Gasteiger partial charge in [-0.05, 0) is 20.0 Å². The highest BCUT2D eigenvalue weighted by Gasteiger charge is 2.19. The summed E-state index contributed by atoms with van der Waals surface area (Å²) in [4.78, 5) is 2.10. The van der Waals surface area contributed by atoms with Crippen LogP contribution < -0.4 is 5.14 Å². The van der Waals surface area contributed by atoms with E-state index in [0.717, 1.165) is 19.5 Å². The van der Waals surface area contributed by atoms with Crippen molar-refractivity contribution in [3.63, 3.8) is 0 Å². The second-order valence-electron chi connectivity index (χ2n) is 3.10. The maximum atomic E-state index is 10.9. The fourth-order valence-electron chi connectivity index (χ4n) is 1.28. The Kier molecular flexibility index (Phi) is 3.05. The zero-order valence-electron chi connectivity index (χ0n) is 7.23. The van der Waals surface area contributed by atoms with E-state index >= 15 is 0 Å². The van der Waals surface area contributed by atoms with Crippen LogP contribution in [0, 0.1) is 0 Å². The van der Waals surface area contributed by atoms with E-state index in [1.807, 2.05) is 7.05 Å². The molecule has 2 N–H and O–H groups in total. The van der Waals surface area contributed by atoms with Crippen molar-refractivity contribution in [3.8, 4) is 0 Å². The highest BCUT2D eigenvalue weighted by Crippen LogP contribution is 2.02. The molecule has 0 aliphatic carbocycles. The zero-order chi connectivity index (χ0) is 9.19. The highest BCUT2D eigenvalue weighted by atomic mass is 32.2. The summed E-state index contributed by atoms with van der Waals surface area (Å²) in [7, 11) is -1.49. The van der Waals surface area contributed by atoms with E-state index in [-0.39, 0.29) is 0 Å². The number of nitrogens with zero attached hydrogens (tertiary/aromatic N) is 2. The molecule has 1 aliphatic rings. The van der Waals surface area contributed by atoms with Crippen LogP contribution in [0.3, 0.4) is 0 Å². The molecule has 0 unspecified atom stereocenters. The largest absolute Gasteiger partial charge is 0.305 e. The van der Waals surface area contributed by atoms with Crippen molar-refractivity contribution < 1.29 is 8.42 Å². The average molecular weight is 193 g/mol. The molecule has 5 nitrogen and oxygen atoms in total. The van der Waals surface area contributed by atoms with Gasteiger partial charge < -0.3 is 4.90 Å². The molecule has 0 aromatic heterocycles. The minimum absolute atomic E-state index is 0.509. The van der Waals surface area contributed by atoms with E-state index in [0.29, 0.717) is 13.1 Å². The molecular weight excluding hydrogens is 178 g/mol. The van der Waals surface area contributed by atoms with E-state index in [1.165, 1.54) is 4.31 Å². The molecule has 1 fully saturated rings. The normalized spacial score (nSPS) is 23.8. The Morgan fingerprint density at radius 2 is 1.83 bits per heavy atom. The van der Waals surface area contributed by atoms with Gasteiger partial charge >= 0.3 is 0 Å². The third kappa shape index (κ3) is 2.71. The molecule has 0 amide bonds. The smallest absolute Gasteiger partial charge is 0.276 e. The number of hydrogen-bond acceptors (Lipinski definition) is 3. The van der Waals surface area contributed by atoms with Gasteiger partial charge in [-0.1, -0.05) is 0 Å². The van der Waals surface area contributed by atoms with Crippen molar-refractivity contribution >= 4 is 10.2 Å². The molecule has 1 aliphatic heterocycles. The van der Waals surface area contributed by atoms with Crippen LogP contribution in [0.1, 0.15) is 6.42 Å². The zero-order valence-corrected chi connectivity index (χ0v) is 8.05. The average Bonchev–Trinajstić information content (AvgIpc) is 2.11. The van der Waals surface area contributed by atoms with Crippen LogP contribution in [0.5, 0.6) is 0 Å². The number of rotatable bonds is 1. The highest BCUT2D eigenvalue weighted by molar-refractivity contribution is 7.86. The summed E-state index contributed by atoms with van der Waals surface area (Å²) >= 11 is 0. The van der Waals surface area contributed by atoms with Gasteiger partial charge in [0.05, 0.1) is 0 Å². The predicted octanol–water partition coefficient (Wildman–Crippen LogP) is -1.17. The summed E-state index contributed by atoms with van der Waals surface area (Å²) in [5.74, 6) is 0. The summed E-state index contributed by atoms with van der Waals surface area (Å²) in [6.45, 7) is 2.75. The molecule has 1 heterocycles. The summed E-state index contributed by atoms with van der Waals surface area (Å²) in [6, 6.07) is 0. The van der Waals surface area contributed by atoms with Gasteiger partial charge in [-0.3, -0.25) is 0 Å². The van der Waals surface area contributed by atoms with Gasteiger partial charge in [-0.2, -0.15) is 12.7 Å². The van der Waals surface area contributed by atoms with Crippen molar-refractivity contribution in [1.82, 2.24) is 9.21 Å². The summed E-state index contributed by atoms with van der Waals surface area (Å²) in [6.07, 6.45) is 0.854. The second kappa shape index (κ2) is 3.69. The van der Waals surface area contributed by atoms with Crippen LogP contribution in [0.2, 0.25) is 0 Å². The Hall–Kier alpha value is -0.170. The van der Waals surface area contributed by atoms with Crippen LogP contribution in [-0.2, 0) is 10.2 Å². The van der Waals surface area contributed by atoms with Gasteiger partial charge in [0.15, 0.2) is 0 Å². The molecule has 12 heavy (non-hydrogen) atoms. The molecule has 1 saturated heterocycles. The van der Waals surface area contributed by atoms with Crippen molar-refractivity contribution in [1.29, 1.82) is 0 Å². The van der Waals surface area contributed by atoms with E-state index in [9.17, 15) is 8.42 Å². The predicted molar refractivity (Wildman–Crippen MR) is 46.8 cm³/mol. The molecule has 0 saturated carbocycles. The van der Waals surface area contributed by atoms with E-state index in [2.05, 4.69) is 4.90 Å². The molecule has 6 heteroatoms. The molecule has 0 bridgehead atoms. The Labute approximate surface area is 73.3 Å².